The predicted molar refractivity (Wildman–Crippen MR) is 88.1 cm³/mol. The fourth-order valence-electron chi connectivity index (χ4n) is 2.29. The molecule has 1 aromatic heterocycles. The Kier molecular flexibility index (Phi) is 7.62. The van der Waals surface area contributed by atoms with E-state index in [9.17, 15) is 4.79 Å². The second-order valence-electron chi connectivity index (χ2n) is 5.15. The number of nitrogens with two attached hydrogens (primary N) is 1. The molecule has 1 aliphatic rings. The number of ether oxygens (including phenoxy) is 1. The molecule has 0 spiro atoms. The quantitative estimate of drug-likeness (QED) is 0.852. The summed E-state index contributed by atoms with van der Waals surface area (Å²) in [4.78, 5) is 16.6. The molecule has 120 valence electrons. The Morgan fingerprint density at radius 1 is 1.48 bits per heavy atom. The third-order valence-corrected chi connectivity index (χ3v) is 4.56. The third kappa shape index (κ3) is 5.23. The molecule has 7 heteroatoms. The fraction of sp³-hybridized carbons (Fsp3) is 0.643. The van der Waals surface area contributed by atoms with Crippen molar-refractivity contribution >= 4 is 29.7 Å². The summed E-state index contributed by atoms with van der Waals surface area (Å²) in [7, 11) is 0. The molecule has 21 heavy (non-hydrogen) atoms. The largest absolute Gasteiger partial charge is 0.379 e. The molecule has 1 unspecified atom stereocenters. The Bertz CT molecular complexity index is 447. The number of nitrogens with one attached hydrogen (secondary N) is 1. The van der Waals surface area contributed by atoms with Crippen LogP contribution in [0.2, 0.25) is 0 Å². The van der Waals surface area contributed by atoms with Crippen LogP contribution in [0.15, 0.2) is 12.1 Å². The molecule has 3 N–H and O–H groups in total. The van der Waals surface area contributed by atoms with Crippen molar-refractivity contribution in [2.24, 2.45) is 5.73 Å². The number of thiophene rings is 1. The van der Waals surface area contributed by atoms with Gasteiger partial charge >= 0.3 is 0 Å². The standard InChI is InChI=1S/C14H23N3O2S.ClH/c1-10-3-4-13(20-10)12(9-16-14(18)11(2)15)17-5-7-19-8-6-17;/h3-4,11-12H,5-9,15H2,1-2H3,(H,16,18);1H/t11-,12?;/m1./s1. The Balaban J connectivity index is 0.00000220. The normalized spacial score (nSPS) is 18.6. The number of nitrogens with zero attached hydrogens (tertiary/aromatic N) is 1. The van der Waals surface area contributed by atoms with Gasteiger partial charge in [-0.25, -0.2) is 0 Å². The van der Waals surface area contributed by atoms with Gasteiger partial charge in [0.15, 0.2) is 0 Å². The monoisotopic (exact) mass is 333 g/mol. The summed E-state index contributed by atoms with van der Waals surface area (Å²) in [6.07, 6.45) is 0. The second kappa shape index (κ2) is 8.70. The number of amides is 1. The van der Waals surface area contributed by atoms with E-state index in [2.05, 4.69) is 29.3 Å². The van der Waals surface area contributed by atoms with Crippen molar-refractivity contribution in [2.75, 3.05) is 32.8 Å². The average molecular weight is 334 g/mol. The highest BCUT2D eigenvalue weighted by Gasteiger charge is 2.24. The molecule has 1 aliphatic heterocycles. The van der Waals surface area contributed by atoms with E-state index in [0.717, 1.165) is 26.3 Å². The zero-order chi connectivity index (χ0) is 14.5. The van der Waals surface area contributed by atoms with Gasteiger partial charge in [-0.1, -0.05) is 0 Å². The molecular weight excluding hydrogens is 310 g/mol. The Labute approximate surface area is 136 Å². The lowest BCUT2D eigenvalue weighted by molar-refractivity contribution is -0.122. The van der Waals surface area contributed by atoms with E-state index in [0.29, 0.717) is 6.54 Å². The van der Waals surface area contributed by atoms with E-state index in [4.69, 9.17) is 10.5 Å². The van der Waals surface area contributed by atoms with Gasteiger partial charge in [0, 0.05) is 29.4 Å². The van der Waals surface area contributed by atoms with Gasteiger partial charge in [-0.2, -0.15) is 0 Å². The van der Waals surface area contributed by atoms with Crippen molar-refractivity contribution < 1.29 is 9.53 Å². The second-order valence-corrected chi connectivity index (χ2v) is 6.47. The highest BCUT2D eigenvalue weighted by molar-refractivity contribution is 7.12. The number of hydrogen-bond donors (Lipinski definition) is 2. The van der Waals surface area contributed by atoms with Crippen LogP contribution in [-0.4, -0.2) is 49.7 Å². The van der Waals surface area contributed by atoms with Crippen LogP contribution in [0.4, 0.5) is 0 Å². The molecule has 1 aromatic rings. The van der Waals surface area contributed by atoms with Crippen LogP contribution in [0, 0.1) is 6.92 Å². The minimum absolute atomic E-state index is 0. The van der Waals surface area contributed by atoms with Crippen molar-refractivity contribution in [3.8, 4) is 0 Å². The van der Waals surface area contributed by atoms with Crippen molar-refractivity contribution in [1.29, 1.82) is 0 Å². The number of carbonyl (C=O) groups is 1. The SMILES string of the molecule is Cc1ccc(C(CNC(=O)[C@@H](C)N)N2CCOCC2)s1.Cl. The highest BCUT2D eigenvalue weighted by Crippen LogP contribution is 2.27. The van der Waals surface area contributed by atoms with Crippen LogP contribution in [0.1, 0.15) is 22.7 Å². The number of rotatable bonds is 5. The first kappa shape index (κ1) is 18.4. The van der Waals surface area contributed by atoms with Crippen molar-refractivity contribution in [2.45, 2.75) is 25.9 Å². The van der Waals surface area contributed by atoms with Crippen LogP contribution in [0.5, 0.6) is 0 Å². The Morgan fingerprint density at radius 3 is 2.67 bits per heavy atom. The highest BCUT2D eigenvalue weighted by atomic mass is 35.5. The van der Waals surface area contributed by atoms with Gasteiger partial charge < -0.3 is 15.8 Å². The summed E-state index contributed by atoms with van der Waals surface area (Å²) < 4.78 is 5.41. The van der Waals surface area contributed by atoms with E-state index in [-0.39, 0.29) is 24.4 Å². The van der Waals surface area contributed by atoms with E-state index in [1.807, 2.05) is 0 Å². The third-order valence-electron chi connectivity index (χ3n) is 3.46. The van der Waals surface area contributed by atoms with Crippen LogP contribution in [0.25, 0.3) is 0 Å². The molecule has 0 bridgehead atoms. The summed E-state index contributed by atoms with van der Waals surface area (Å²) >= 11 is 1.78. The zero-order valence-electron chi connectivity index (χ0n) is 12.5. The Morgan fingerprint density at radius 2 is 2.14 bits per heavy atom. The molecule has 0 radical (unpaired) electrons. The van der Waals surface area contributed by atoms with Gasteiger partial charge in [-0.05, 0) is 26.0 Å². The summed E-state index contributed by atoms with van der Waals surface area (Å²) in [5, 5.41) is 2.95. The first-order valence-corrected chi connectivity index (χ1v) is 7.81. The molecule has 2 rings (SSSR count). The molecule has 2 heterocycles. The zero-order valence-corrected chi connectivity index (χ0v) is 14.1. The van der Waals surface area contributed by atoms with Gasteiger partial charge in [0.25, 0.3) is 0 Å². The number of hydrogen-bond acceptors (Lipinski definition) is 5. The fourth-order valence-corrected chi connectivity index (χ4v) is 3.30. The topological polar surface area (TPSA) is 67.6 Å². The molecule has 1 saturated heterocycles. The minimum atomic E-state index is -0.467. The number of morpholine rings is 1. The summed E-state index contributed by atoms with van der Waals surface area (Å²) in [6.45, 7) is 7.70. The van der Waals surface area contributed by atoms with E-state index < -0.39 is 6.04 Å². The maximum Gasteiger partial charge on any atom is 0.236 e. The molecular formula is C14H24ClN3O2S. The predicted octanol–water partition coefficient (Wildman–Crippen LogP) is 1.32. The first-order chi connectivity index (χ1) is 9.58. The van der Waals surface area contributed by atoms with E-state index >= 15 is 0 Å². The maximum atomic E-state index is 11.7. The van der Waals surface area contributed by atoms with Gasteiger partial charge in [0.05, 0.1) is 25.3 Å². The van der Waals surface area contributed by atoms with Crippen molar-refractivity contribution in [3.05, 3.63) is 21.9 Å². The van der Waals surface area contributed by atoms with Gasteiger partial charge in [0.1, 0.15) is 0 Å². The molecule has 0 saturated carbocycles. The minimum Gasteiger partial charge on any atom is -0.379 e. The van der Waals surface area contributed by atoms with Gasteiger partial charge in [-0.15, -0.1) is 23.7 Å². The van der Waals surface area contributed by atoms with E-state index in [1.54, 1.807) is 18.3 Å². The number of aryl methyl sites for hydroxylation is 1. The lowest BCUT2D eigenvalue weighted by Crippen LogP contribution is -2.46. The molecule has 2 atom stereocenters. The van der Waals surface area contributed by atoms with E-state index in [1.165, 1.54) is 9.75 Å². The lowest BCUT2D eigenvalue weighted by Gasteiger charge is -2.34. The van der Waals surface area contributed by atoms with Crippen molar-refractivity contribution in [3.63, 3.8) is 0 Å². The average Bonchev–Trinajstić information content (AvgIpc) is 2.86. The van der Waals surface area contributed by atoms with Crippen LogP contribution < -0.4 is 11.1 Å². The van der Waals surface area contributed by atoms with Crippen molar-refractivity contribution in [1.82, 2.24) is 10.2 Å². The van der Waals surface area contributed by atoms with Crippen LogP contribution in [0.3, 0.4) is 0 Å². The molecule has 1 fully saturated rings. The molecule has 5 nitrogen and oxygen atoms in total. The molecule has 1 amide bonds. The van der Waals surface area contributed by atoms with Gasteiger partial charge in [0.2, 0.25) is 5.91 Å². The summed E-state index contributed by atoms with van der Waals surface area (Å²) in [5.74, 6) is -0.100. The van der Waals surface area contributed by atoms with Crippen LogP contribution >= 0.6 is 23.7 Å². The maximum absolute atomic E-state index is 11.7. The summed E-state index contributed by atoms with van der Waals surface area (Å²) in [6, 6.07) is 4.02. The number of halogens is 1. The first-order valence-electron chi connectivity index (χ1n) is 6.99. The lowest BCUT2D eigenvalue weighted by atomic mass is 10.1. The Hall–Kier alpha value is -0.660. The smallest absolute Gasteiger partial charge is 0.236 e. The van der Waals surface area contributed by atoms with Gasteiger partial charge in [-0.3, -0.25) is 9.69 Å². The number of carbonyl (C=O) groups excluding carboxylic acids is 1. The summed E-state index contributed by atoms with van der Waals surface area (Å²) in [5.41, 5.74) is 5.60. The molecule has 0 aliphatic carbocycles. The molecule has 0 aromatic carbocycles. The van der Waals surface area contributed by atoms with Crippen LogP contribution in [-0.2, 0) is 9.53 Å².